The number of carbonyl (C=O) groups is 2. The van der Waals surface area contributed by atoms with Crippen molar-refractivity contribution in [2.24, 2.45) is 4.99 Å². The van der Waals surface area contributed by atoms with E-state index in [9.17, 15) is 13.6 Å². The van der Waals surface area contributed by atoms with E-state index in [1.807, 2.05) is 30.4 Å². The van der Waals surface area contributed by atoms with Gasteiger partial charge in [-0.05, 0) is 23.3 Å². The van der Waals surface area contributed by atoms with Gasteiger partial charge in [0.15, 0.2) is 0 Å². The van der Waals surface area contributed by atoms with Crippen LogP contribution in [0.5, 0.6) is 0 Å². The van der Waals surface area contributed by atoms with Crippen molar-refractivity contribution in [3.8, 4) is 11.1 Å². The number of halogens is 2. The van der Waals surface area contributed by atoms with Gasteiger partial charge in [0.2, 0.25) is 0 Å². The monoisotopic (exact) mass is 552 g/mol. The summed E-state index contributed by atoms with van der Waals surface area (Å²) >= 11 is 2.69. The number of ketones is 1. The van der Waals surface area contributed by atoms with Gasteiger partial charge in [0.05, 0.1) is 0 Å². The maximum atomic E-state index is 13.6. The number of amidine groups is 1. The number of nitrogens with zero attached hydrogens (tertiary/aromatic N) is 2. The molecule has 0 unspecified atom stereocenters. The molecule has 192 valence electrons. The minimum absolute atomic E-state index is 0.0825. The molecule has 5 rings (SSSR count). The van der Waals surface area contributed by atoms with E-state index in [2.05, 4.69) is 34.2 Å². The Labute approximate surface area is 247 Å². The van der Waals surface area contributed by atoms with Gasteiger partial charge in [-0.3, -0.25) is 4.79 Å². The molecule has 0 saturated heterocycles. The van der Waals surface area contributed by atoms with Crippen LogP contribution in [0.1, 0.15) is 12.5 Å². The normalized spacial score (nSPS) is 15.4. The fourth-order valence-corrected chi connectivity index (χ4v) is 5.20. The predicted molar refractivity (Wildman–Crippen MR) is 154 cm³/mol. The van der Waals surface area contributed by atoms with Gasteiger partial charge >= 0.3 is 176 Å². The maximum absolute atomic E-state index is 13.6. The number of benzene rings is 3. The summed E-state index contributed by atoms with van der Waals surface area (Å²) in [5.74, 6) is -1.21. The van der Waals surface area contributed by atoms with Gasteiger partial charge < -0.3 is 5.11 Å². The van der Waals surface area contributed by atoms with E-state index in [0.29, 0.717) is 16.7 Å². The molecular weight excluding hydrogens is 529 g/mol. The minimum atomic E-state index is -0.833. The molecule has 0 spiro atoms. The molecule has 9 heteroatoms. The topological polar surface area (TPSA) is 70.0 Å². The van der Waals surface area contributed by atoms with Crippen LogP contribution in [0, 0.1) is 11.6 Å². The van der Waals surface area contributed by atoms with Crippen LogP contribution in [-0.2, 0) is 9.59 Å². The molecule has 0 amide bonds. The van der Waals surface area contributed by atoms with Crippen LogP contribution in [0.15, 0.2) is 101 Å². The Kier molecular flexibility index (Phi) is 9.69. The van der Waals surface area contributed by atoms with Crippen molar-refractivity contribution in [2.75, 3.05) is 17.2 Å². The molecule has 39 heavy (non-hydrogen) atoms. The van der Waals surface area contributed by atoms with Crippen LogP contribution < -0.4 is 7.71 Å². The number of aliphatic imine (C=N–C) groups is 1. The second-order valence-corrected chi connectivity index (χ2v) is 11.1. The van der Waals surface area contributed by atoms with E-state index in [0.717, 1.165) is 75.3 Å². The second-order valence-electron chi connectivity index (χ2n) is 8.85. The van der Waals surface area contributed by atoms with Crippen LogP contribution in [0.4, 0.5) is 14.5 Å². The Bertz CT molecular complexity index is 1490. The molecule has 1 heterocycles. The first kappa shape index (κ1) is 28.7. The summed E-state index contributed by atoms with van der Waals surface area (Å²) in [5.41, 5.74) is 4.42. The van der Waals surface area contributed by atoms with Gasteiger partial charge in [-0.15, -0.1) is 0 Å². The molecule has 0 atom stereocenters. The Morgan fingerprint density at radius 3 is 2.23 bits per heavy atom. The van der Waals surface area contributed by atoms with Crippen molar-refractivity contribution in [1.29, 1.82) is 0 Å². The first-order valence-electron chi connectivity index (χ1n) is 12.2. The number of rotatable bonds is 4. The standard InChI is InChI=1S/C28H19F2N2OS.C2H4O2.Na/c29-23-15-21(16-24(30)18-23)20-8-6-19(7-9-20)14-22-17-26(10-11-27(22)33)32(28-31-12-13-34-28)25-4-2-1-3-5-25;1-2(3)4;/h2-11,14-18H,12-13H2;1H3,(H,3,4);. The number of hydrogen-bond donors (Lipinski definition) is 1. The number of carboxylic acids is 1. The number of anilines is 1. The molecule has 0 radical (unpaired) electrons. The fraction of sp³-hybridized carbons (Fsp3) is 0.100. The second kappa shape index (κ2) is 13.2. The number of thioether (sulfide) groups is 1. The van der Waals surface area contributed by atoms with Gasteiger partial charge in [0.1, 0.15) is 11.6 Å². The number of allylic oxidation sites excluding steroid dienone is 4. The van der Waals surface area contributed by atoms with Crippen LogP contribution in [0.25, 0.3) is 17.2 Å². The summed E-state index contributed by atoms with van der Waals surface area (Å²) in [7, 11) is 0. The van der Waals surface area contributed by atoms with Gasteiger partial charge in [0, 0.05) is 13.0 Å². The molecule has 5 nitrogen and oxygen atoms in total. The van der Waals surface area contributed by atoms with Crippen molar-refractivity contribution < 1.29 is 23.5 Å². The van der Waals surface area contributed by atoms with E-state index in [1.165, 1.54) is 14.9 Å². The average Bonchev–Trinajstić information content (AvgIpc) is 3.41. The molecule has 3 aromatic carbocycles. The summed E-state index contributed by atoms with van der Waals surface area (Å²) in [6.07, 6.45) is 7.12. The quantitative estimate of drug-likeness (QED) is 0.341. The van der Waals surface area contributed by atoms with Crippen molar-refractivity contribution in [3.05, 3.63) is 113 Å². The van der Waals surface area contributed by atoms with Crippen LogP contribution in [0.2, 0.25) is 0 Å². The van der Waals surface area contributed by atoms with Crippen LogP contribution >= 0.6 is 11.8 Å². The van der Waals surface area contributed by atoms with Crippen LogP contribution in [0.3, 0.4) is 0 Å². The number of aliphatic carboxylic acids is 1. The Hall–Kier alpha value is -3.30. The van der Waals surface area contributed by atoms with E-state index in [1.54, 1.807) is 30.0 Å². The Morgan fingerprint density at radius 2 is 1.64 bits per heavy atom. The molecule has 1 N–H and O–H groups in total. The zero-order valence-electron chi connectivity index (χ0n) is 21.4. The molecule has 1 aliphatic carbocycles. The molecule has 0 bridgehead atoms. The first-order valence-corrected chi connectivity index (χ1v) is 14.1. The summed E-state index contributed by atoms with van der Waals surface area (Å²) in [4.78, 5) is 28.5. The third-order valence-electron chi connectivity index (χ3n) is 5.73. The Morgan fingerprint density at radius 1 is 1.00 bits per heavy atom. The molecule has 1 aliphatic heterocycles. The van der Waals surface area contributed by atoms with E-state index in [4.69, 9.17) is 9.90 Å². The van der Waals surface area contributed by atoms with Crippen molar-refractivity contribution in [2.45, 2.75) is 6.92 Å². The van der Waals surface area contributed by atoms with Crippen molar-refractivity contribution in [1.82, 2.24) is 0 Å². The summed E-state index contributed by atoms with van der Waals surface area (Å²) in [6, 6.07) is 19.1. The third-order valence-corrected chi connectivity index (χ3v) is 7.36. The molecular formula is C30H23F2N2NaO3S. The zero-order valence-corrected chi connectivity index (χ0v) is 24.2. The van der Waals surface area contributed by atoms with Gasteiger partial charge in [-0.25, -0.2) is 8.78 Å². The van der Waals surface area contributed by atoms with Crippen LogP contribution in [-0.4, -0.2) is 62.3 Å². The van der Waals surface area contributed by atoms with Gasteiger partial charge in [-0.2, -0.15) is 0 Å². The number of carboxylic acid groups (broad SMARTS) is 1. The van der Waals surface area contributed by atoms with Gasteiger partial charge in [0.25, 0.3) is 5.97 Å². The predicted octanol–water partition coefficient (Wildman–Crippen LogP) is 5.53. The molecule has 0 saturated carbocycles. The summed E-state index contributed by atoms with van der Waals surface area (Å²) in [5, 5.41) is 8.34. The zero-order chi connectivity index (χ0) is 27.9. The Balaban J connectivity index is 0.000000826. The molecule has 2 aliphatic rings. The summed E-state index contributed by atoms with van der Waals surface area (Å²) < 4.78 is 28.5. The first-order chi connectivity index (χ1) is 18.7. The number of carbonyl (C=O) groups excluding carboxylic acids is 1. The number of hydrogen-bond acceptors (Lipinski definition) is 5. The average molecular weight is 553 g/mol. The third kappa shape index (κ3) is 7.86. The molecule has 3 aromatic rings. The van der Waals surface area contributed by atoms with E-state index >= 15 is 0 Å². The van der Waals surface area contributed by atoms with Crippen molar-refractivity contribution in [3.63, 3.8) is 0 Å². The van der Waals surface area contributed by atoms with Gasteiger partial charge in [-0.1, -0.05) is 0 Å². The molecule has 0 fully saturated rings. The SMILES string of the molecule is CC(=O)O.O=C1C=CC(N(C2=NCCS2)c2cc[c]([Na])cc2)=CC1=Cc1ccc(-c2cc(F)cc(F)c2)cc1. The molecule has 0 aromatic heterocycles. The van der Waals surface area contributed by atoms with E-state index in [-0.39, 0.29) is 5.78 Å². The summed E-state index contributed by atoms with van der Waals surface area (Å²) in [6.45, 7) is 1.86. The fourth-order valence-electron chi connectivity index (χ4n) is 3.98. The van der Waals surface area contributed by atoms with E-state index < -0.39 is 17.6 Å². The van der Waals surface area contributed by atoms with Crippen molar-refractivity contribution >= 4 is 71.2 Å².